The molecule has 0 spiro atoms. The van der Waals surface area contributed by atoms with Crippen LogP contribution in [-0.2, 0) is 20.0 Å². The lowest BCUT2D eigenvalue weighted by molar-refractivity contribution is 0.316. The van der Waals surface area contributed by atoms with Crippen molar-refractivity contribution in [1.82, 2.24) is 24.6 Å². The van der Waals surface area contributed by atoms with Gasteiger partial charge in [0.1, 0.15) is 12.2 Å². The highest BCUT2D eigenvalue weighted by Gasteiger charge is 2.05. The van der Waals surface area contributed by atoms with Crippen molar-refractivity contribution in [2.75, 3.05) is 13.6 Å². The van der Waals surface area contributed by atoms with Crippen molar-refractivity contribution in [2.24, 2.45) is 7.05 Å². The summed E-state index contributed by atoms with van der Waals surface area (Å²) in [5.74, 6) is 0.980. The summed E-state index contributed by atoms with van der Waals surface area (Å²) in [4.78, 5) is 10.7. The van der Waals surface area contributed by atoms with Crippen LogP contribution in [0, 0.1) is 0 Å². The first-order valence-corrected chi connectivity index (χ1v) is 5.67. The highest BCUT2D eigenvalue weighted by atomic mass is 15.3. The van der Waals surface area contributed by atoms with Gasteiger partial charge in [-0.2, -0.15) is 5.10 Å². The minimum atomic E-state index is 0.809. The summed E-state index contributed by atoms with van der Waals surface area (Å²) in [5, 5.41) is 4.05. The summed E-state index contributed by atoms with van der Waals surface area (Å²) in [5.41, 5.74) is 1.12. The van der Waals surface area contributed by atoms with E-state index >= 15 is 0 Å². The monoisotopic (exact) mass is 231 g/mol. The Hall–Kier alpha value is -1.75. The van der Waals surface area contributed by atoms with Gasteiger partial charge in [-0.05, 0) is 19.2 Å². The minimum Gasteiger partial charge on any atom is -0.299 e. The molecule has 0 aliphatic heterocycles. The molecule has 90 valence electrons. The number of aryl methyl sites for hydroxylation is 1. The van der Waals surface area contributed by atoms with Crippen molar-refractivity contribution >= 4 is 0 Å². The normalized spacial score (nSPS) is 11.0. The molecule has 0 radical (unpaired) electrons. The molecule has 0 saturated heterocycles. The Bertz CT molecular complexity index is 451. The van der Waals surface area contributed by atoms with Crippen LogP contribution in [0.2, 0.25) is 0 Å². The van der Waals surface area contributed by atoms with Gasteiger partial charge in [0, 0.05) is 31.9 Å². The zero-order valence-electron chi connectivity index (χ0n) is 10.2. The quantitative estimate of drug-likeness (QED) is 0.766. The molecule has 0 N–H and O–H groups in total. The van der Waals surface area contributed by atoms with E-state index in [9.17, 15) is 0 Å². The number of likely N-dealkylation sites (N-methyl/N-ethyl adjacent to an activating group) is 1. The highest BCUT2D eigenvalue weighted by molar-refractivity contribution is 5.03. The molecule has 0 bridgehead atoms. The molecule has 0 aliphatic carbocycles. The van der Waals surface area contributed by atoms with E-state index in [-0.39, 0.29) is 0 Å². The number of hydrogen-bond acceptors (Lipinski definition) is 4. The van der Waals surface area contributed by atoms with Crippen LogP contribution in [-0.4, -0.2) is 38.2 Å². The van der Waals surface area contributed by atoms with Crippen molar-refractivity contribution < 1.29 is 0 Å². The van der Waals surface area contributed by atoms with Crippen molar-refractivity contribution in [2.45, 2.75) is 13.0 Å². The van der Waals surface area contributed by atoms with Crippen molar-refractivity contribution in [3.63, 3.8) is 0 Å². The van der Waals surface area contributed by atoms with E-state index in [1.54, 1.807) is 11.0 Å². The molecule has 5 heteroatoms. The summed E-state index contributed by atoms with van der Waals surface area (Å²) in [6.45, 7) is 1.77. The van der Waals surface area contributed by atoms with Crippen LogP contribution in [0.15, 0.2) is 30.7 Å². The lowest BCUT2D eigenvalue weighted by atomic mass is 10.2. The molecule has 17 heavy (non-hydrogen) atoms. The fraction of sp³-hybridized carbons (Fsp3) is 0.417. The second-order valence-electron chi connectivity index (χ2n) is 4.11. The summed E-state index contributed by atoms with van der Waals surface area (Å²) < 4.78 is 1.80. The Morgan fingerprint density at radius 1 is 1.29 bits per heavy atom. The van der Waals surface area contributed by atoms with Gasteiger partial charge in [-0.25, -0.2) is 4.98 Å². The zero-order chi connectivity index (χ0) is 12.1. The van der Waals surface area contributed by atoms with Gasteiger partial charge in [-0.1, -0.05) is 6.07 Å². The smallest absolute Gasteiger partial charge is 0.140 e. The third-order valence-electron chi connectivity index (χ3n) is 2.69. The molecule has 0 aliphatic rings. The summed E-state index contributed by atoms with van der Waals surface area (Å²) >= 11 is 0. The van der Waals surface area contributed by atoms with E-state index in [0.29, 0.717) is 0 Å². The first-order valence-electron chi connectivity index (χ1n) is 5.67. The Balaban J connectivity index is 1.82. The van der Waals surface area contributed by atoms with Crippen LogP contribution in [0.1, 0.15) is 11.5 Å². The number of hydrogen-bond donors (Lipinski definition) is 0. The number of rotatable bonds is 5. The first-order chi connectivity index (χ1) is 8.25. The van der Waals surface area contributed by atoms with Gasteiger partial charge in [0.25, 0.3) is 0 Å². The molecule has 0 saturated carbocycles. The van der Waals surface area contributed by atoms with Gasteiger partial charge in [-0.15, -0.1) is 0 Å². The van der Waals surface area contributed by atoms with Crippen LogP contribution < -0.4 is 0 Å². The predicted molar refractivity (Wildman–Crippen MR) is 65.3 cm³/mol. The maximum Gasteiger partial charge on any atom is 0.140 e. The molecule has 5 nitrogen and oxygen atoms in total. The van der Waals surface area contributed by atoms with E-state index < -0.39 is 0 Å². The molecule has 2 aromatic heterocycles. The van der Waals surface area contributed by atoms with Crippen LogP contribution in [0.4, 0.5) is 0 Å². The van der Waals surface area contributed by atoms with Crippen molar-refractivity contribution in [3.8, 4) is 0 Å². The van der Waals surface area contributed by atoms with Gasteiger partial charge in [0.15, 0.2) is 0 Å². The molecule has 2 rings (SSSR count). The fourth-order valence-corrected chi connectivity index (χ4v) is 1.64. The standard InChI is InChI=1S/C12H17N5/c1-16(9-12-14-10-15-17(12)2)8-6-11-5-3-4-7-13-11/h3-5,7,10H,6,8-9H2,1-2H3. The Labute approximate surface area is 101 Å². The molecule has 2 aromatic rings. The van der Waals surface area contributed by atoms with Gasteiger partial charge < -0.3 is 0 Å². The lowest BCUT2D eigenvalue weighted by Crippen LogP contribution is -2.23. The van der Waals surface area contributed by atoms with Gasteiger partial charge in [0.05, 0.1) is 6.54 Å². The topological polar surface area (TPSA) is 46.8 Å². The molecule has 0 atom stereocenters. The second-order valence-corrected chi connectivity index (χ2v) is 4.11. The first kappa shape index (κ1) is 11.7. The zero-order valence-corrected chi connectivity index (χ0v) is 10.2. The average Bonchev–Trinajstić information content (AvgIpc) is 2.74. The third kappa shape index (κ3) is 3.35. The van der Waals surface area contributed by atoms with E-state index in [1.807, 2.05) is 25.4 Å². The van der Waals surface area contributed by atoms with Crippen LogP contribution in [0.25, 0.3) is 0 Å². The predicted octanol–water partition coefficient (Wildman–Crippen LogP) is 0.885. The minimum absolute atomic E-state index is 0.809. The maximum atomic E-state index is 4.31. The molecule has 0 unspecified atom stereocenters. The second kappa shape index (κ2) is 5.54. The molecule has 0 aromatic carbocycles. The number of pyridine rings is 1. The molecule has 0 fully saturated rings. The van der Waals surface area contributed by atoms with Crippen LogP contribution in [0.3, 0.4) is 0 Å². The van der Waals surface area contributed by atoms with Crippen molar-refractivity contribution in [1.29, 1.82) is 0 Å². The largest absolute Gasteiger partial charge is 0.299 e. The van der Waals surface area contributed by atoms with Crippen LogP contribution >= 0.6 is 0 Å². The Morgan fingerprint density at radius 3 is 2.82 bits per heavy atom. The molecular weight excluding hydrogens is 214 g/mol. The Kier molecular flexibility index (Phi) is 3.82. The van der Waals surface area contributed by atoms with E-state index in [4.69, 9.17) is 0 Å². The molecule has 0 amide bonds. The molecule has 2 heterocycles. The number of nitrogens with zero attached hydrogens (tertiary/aromatic N) is 5. The maximum absolute atomic E-state index is 4.31. The number of aromatic nitrogens is 4. The Morgan fingerprint density at radius 2 is 2.18 bits per heavy atom. The van der Waals surface area contributed by atoms with Gasteiger partial charge >= 0.3 is 0 Å². The molecular formula is C12H17N5. The summed E-state index contributed by atoms with van der Waals surface area (Å²) in [6, 6.07) is 6.01. The lowest BCUT2D eigenvalue weighted by Gasteiger charge is -2.15. The fourth-order valence-electron chi connectivity index (χ4n) is 1.64. The van der Waals surface area contributed by atoms with Gasteiger partial charge in [0.2, 0.25) is 0 Å². The third-order valence-corrected chi connectivity index (χ3v) is 2.69. The van der Waals surface area contributed by atoms with E-state index in [0.717, 1.165) is 31.0 Å². The van der Waals surface area contributed by atoms with E-state index in [2.05, 4.69) is 33.1 Å². The SMILES string of the molecule is CN(CCc1ccccn1)Cc1ncnn1C. The van der Waals surface area contributed by atoms with E-state index in [1.165, 1.54) is 0 Å². The van der Waals surface area contributed by atoms with Crippen molar-refractivity contribution in [3.05, 3.63) is 42.2 Å². The summed E-state index contributed by atoms with van der Waals surface area (Å²) in [6.07, 6.45) is 4.37. The van der Waals surface area contributed by atoms with Crippen LogP contribution in [0.5, 0.6) is 0 Å². The highest BCUT2D eigenvalue weighted by Crippen LogP contribution is 2.00. The average molecular weight is 231 g/mol. The summed E-state index contributed by atoms with van der Waals surface area (Å²) in [7, 11) is 3.99. The van der Waals surface area contributed by atoms with Gasteiger partial charge in [-0.3, -0.25) is 14.6 Å².